The van der Waals surface area contributed by atoms with Gasteiger partial charge in [-0.05, 0) is 38.0 Å². The largest absolute Gasteiger partial charge is 0.445 e. The van der Waals surface area contributed by atoms with E-state index < -0.39 is 0 Å². The van der Waals surface area contributed by atoms with Crippen molar-refractivity contribution in [2.45, 2.75) is 27.2 Å². The van der Waals surface area contributed by atoms with E-state index in [0.717, 1.165) is 28.9 Å². The van der Waals surface area contributed by atoms with E-state index in [1.165, 1.54) is 0 Å². The van der Waals surface area contributed by atoms with Gasteiger partial charge in [0, 0.05) is 29.5 Å². The summed E-state index contributed by atoms with van der Waals surface area (Å²) in [6.45, 7) is 5.81. The Kier molecular flexibility index (Phi) is 5.63. The number of halogens is 1. The zero-order chi connectivity index (χ0) is 21.1. The van der Waals surface area contributed by atoms with Gasteiger partial charge < -0.3 is 13.6 Å². The van der Waals surface area contributed by atoms with Crippen molar-refractivity contribution < 1.29 is 13.6 Å². The van der Waals surface area contributed by atoms with E-state index in [4.69, 9.17) is 25.2 Å². The number of hydrogen-bond acceptors (Lipinski definition) is 7. The van der Waals surface area contributed by atoms with Crippen LogP contribution in [0.25, 0.3) is 23.6 Å². The van der Waals surface area contributed by atoms with Gasteiger partial charge in [-0.25, -0.2) is 15.0 Å². The first kappa shape index (κ1) is 19.8. The average Bonchev–Trinajstić information content (AvgIpc) is 3.37. The summed E-state index contributed by atoms with van der Waals surface area (Å²) in [5, 5.41) is 0.274. The third kappa shape index (κ3) is 4.41. The maximum absolute atomic E-state index is 6.17. The van der Waals surface area contributed by atoms with Crippen LogP contribution in [0.15, 0.2) is 45.9 Å². The molecule has 0 aliphatic rings. The van der Waals surface area contributed by atoms with Gasteiger partial charge in [-0.15, -0.1) is 0 Å². The van der Waals surface area contributed by atoms with E-state index >= 15 is 0 Å². The van der Waals surface area contributed by atoms with E-state index in [2.05, 4.69) is 19.9 Å². The number of oxazole rings is 2. The molecule has 0 unspecified atom stereocenters. The van der Waals surface area contributed by atoms with Gasteiger partial charge in [0.05, 0.1) is 17.6 Å². The molecule has 0 fully saturated rings. The molecule has 0 aliphatic heterocycles. The van der Waals surface area contributed by atoms with E-state index in [9.17, 15) is 0 Å². The molecule has 4 heterocycles. The number of aromatic nitrogens is 4. The van der Waals surface area contributed by atoms with E-state index in [-0.39, 0.29) is 5.15 Å². The topological polar surface area (TPSA) is 87.1 Å². The van der Waals surface area contributed by atoms with E-state index in [0.29, 0.717) is 29.0 Å². The lowest BCUT2D eigenvalue weighted by Crippen LogP contribution is -1.95. The van der Waals surface area contributed by atoms with Gasteiger partial charge in [-0.3, -0.25) is 4.98 Å². The van der Waals surface area contributed by atoms with Crippen LogP contribution in [0.4, 0.5) is 0 Å². The number of rotatable bonds is 6. The molecule has 4 aromatic heterocycles. The first-order chi connectivity index (χ1) is 14.5. The number of aryl methyl sites for hydroxylation is 2. The van der Waals surface area contributed by atoms with Crippen molar-refractivity contribution in [3.8, 4) is 23.1 Å². The van der Waals surface area contributed by atoms with Gasteiger partial charge >= 0.3 is 0 Å². The van der Waals surface area contributed by atoms with Crippen LogP contribution >= 0.6 is 11.6 Å². The fourth-order valence-corrected chi connectivity index (χ4v) is 2.96. The number of hydrogen-bond donors (Lipinski definition) is 0. The number of ether oxygens (including phenoxy) is 1. The molecule has 0 spiro atoms. The maximum Gasteiger partial charge on any atom is 0.226 e. The first-order valence-corrected chi connectivity index (χ1v) is 9.74. The summed E-state index contributed by atoms with van der Waals surface area (Å²) in [5.41, 5.74) is 4.12. The van der Waals surface area contributed by atoms with Crippen molar-refractivity contribution in [1.29, 1.82) is 0 Å². The molecule has 0 saturated carbocycles. The van der Waals surface area contributed by atoms with Crippen LogP contribution in [0.2, 0.25) is 5.15 Å². The van der Waals surface area contributed by atoms with E-state index in [1.807, 2.05) is 26.8 Å². The quantitative estimate of drug-likeness (QED) is 0.356. The Morgan fingerprint density at radius 2 is 1.90 bits per heavy atom. The molecule has 0 aliphatic carbocycles. The summed E-state index contributed by atoms with van der Waals surface area (Å²) < 4.78 is 16.8. The van der Waals surface area contributed by atoms with Crippen molar-refractivity contribution in [2.75, 3.05) is 0 Å². The Balaban J connectivity index is 1.59. The minimum Gasteiger partial charge on any atom is -0.445 e. The Bertz CT molecular complexity index is 1210. The molecule has 0 atom stereocenters. The van der Waals surface area contributed by atoms with Crippen LogP contribution in [-0.4, -0.2) is 19.9 Å². The van der Waals surface area contributed by atoms with Gasteiger partial charge in [-0.2, -0.15) is 0 Å². The van der Waals surface area contributed by atoms with Crippen LogP contribution in [0.1, 0.15) is 35.3 Å². The van der Waals surface area contributed by atoms with Crippen LogP contribution in [-0.2, 0) is 6.42 Å². The van der Waals surface area contributed by atoms with E-state index in [1.54, 1.807) is 43.1 Å². The average molecular weight is 423 g/mol. The third-order valence-electron chi connectivity index (χ3n) is 4.40. The Hall–Kier alpha value is -3.45. The van der Waals surface area contributed by atoms with Crippen molar-refractivity contribution >= 4 is 23.8 Å². The number of nitrogens with zero attached hydrogens (tertiary/aromatic N) is 4. The highest BCUT2D eigenvalue weighted by Gasteiger charge is 2.12. The fraction of sp³-hybridized carbons (Fsp3) is 0.182. The molecule has 0 bridgehead atoms. The zero-order valence-electron chi connectivity index (χ0n) is 16.7. The summed E-state index contributed by atoms with van der Waals surface area (Å²) in [6.07, 6.45) is 11.1. The molecule has 30 heavy (non-hydrogen) atoms. The second kappa shape index (κ2) is 8.51. The molecule has 0 saturated heterocycles. The molecule has 0 amide bonds. The molecule has 0 radical (unpaired) electrons. The van der Waals surface area contributed by atoms with Crippen LogP contribution < -0.4 is 4.74 Å². The Morgan fingerprint density at radius 3 is 2.63 bits per heavy atom. The smallest absolute Gasteiger partial charge is 0.226 e. The molecular formula is C22H19ClN4O3. The Morgan fingerprint density at radius 1 is 1.03 bits per heavy atom. The SMILES string of the molecule is CCc1coc(/C=C/c2cncc(Oc3cc(-c4nc(C)co4)cc(Cl)n3)c2C)n1. The maximum atomic E-state index is 6.17. The van der Waals surface area contributed by atoms with Crippen molar-refractivity contribution in [1.82, 2.24) is 19.9 Å². The lowest BCUT2D eigenvalue weighted by molar-refractivity contribution is 0.457. The van der Waals surface area contributed by atoms with Crippen LogP contribution in [0, 0.1) is 13.8 Å². The second-order valence-electron chi connectivity index (χ2n) is 6.63. The predicted octanol–water partition coefficient (Wildman–Crippen LogP) is 5.91. The molecule has 4 aromatic rings. The minimum absolute atomic E-state index is 0.274. The first-order valence-electron chi connectivity index (χ1n) is 9.37. The monoisotopic (exact) mass is 422 g/mol. The highest BCUT2D eigenvalue weighted by Crippen LogP contribution is 2.30. The summed E-state index contributed by atoms with van der Waals surface area (Å²) in [7, 11) is 0. The Labute approximate surface area is 178 Å². The summed E-state index contributed by atoms with van der Waals surface area (Å²) >= 11 is 6.17. The lowest BCUT2D eigenvalue weighted by atomic mass is 10.1. The molecule has 7 nitrogen and oxygen atoms in total. The van der Waals surface area contributed by atoms with Crippen LogP contribution in [0.3, 0.4) is 0 Å². The predicted molar refractivity (Wildman–Crippen MR) is 113 cm³/mol. The molecule has 0 aromatic carbocycles. The standard InChI is InChI=1S/C22H19ClN4O3/c1-4-17-12-28-20(26-17)6-5-15-9-24-10-18(14(15)3)30-21-8-16(7-19(23)27-21)22-25-13(2)11-29-22/h5-12H,4H2,1-3H3/b6-5+. The lowest BCUT2D eigenvalue weighted by Gasteiger charge is -2.10. The molecule has 152 valence electrons. The normalized spacial score (nSPS) is 11.3. The van der Waals surface area contributed by atoms with Crippen LogP contribution in [0.5, 0.6) is 11.6 Å². The highest BCUT2D eigenvalue weighted by molar-refractivity contribution is 6.29. The van der Waals surface area contributed by atoms with Gasteiger partial charge in [0.2, 0.25) is 17.7 Å². The number of pyridine rings is 2. The van der Waals surface area contributed by atoms with Gasteiger partial charge in [0.25, 0.3) is 0 Å². The summed E-state index contributed by atoms with van der Waals surface area (Å²) in [4.78, 5) is 17.2. The fourth-order valence-electron chi connectivity index (χ4n) is 2.76. The van der Waals surface area contributed by atoms with Gasteiger partial charge in [-0.1, -0.05) is 18.5 Å². The third-order valence-corrected chi connectivity index (χ3v) is 4.59. The van der Waals surface area contributed by atoms with Crippen molar-refractivity contribution in [2.24, 2.45) is 0 Å². The zero-order valence-corrected chi connectivity index (χ0v) is 17.5. The second-order valence-corrected chi connectivity index (χ2v) is 7.02. The molecule has 0 N–H and O–H groups in total. The van der Waals surface area contributed by atoms with Crippen molar-refractivity contribution in [3.63, 3.8) is 0 Å². The molecular weight excluding hydrogens is 404 g/mol. The summed E-state index contributed by atoms with van der Waals surface area (Å²) in [5.74, 6) is 1.87. The minimum atomic E-state index is 0.274. The molecule has 4 rings (SSSR count). The van der Waals surface area contributed by atoms with Crippen molar-refractivity contribution in [3.05, 3.63) is 70.6 Å². The summed E-state index contributed by atoms with van der Waals surface area (Å²) in [6, 6.07) is 3.39. The molecule has 8 heteroatoms. The van der Waals surface area contributed by atoms with Gasteiger partial charge in [0.1, 0.15) is 17.7 Å². The highest BCUT2D eigenvalue weighted by atomic mass is 35.5. The van der Waals surface area contributed by atoms with Gasteiger partial charge in [0.15, 0.2) is 5.75 Å².